The number of fused-ring (bicyclic) bond motifs is 1. The Morgan fingerprint density at radius 1 is 0.979 bits per heavy atom. The van der Waals surface area contributed by atoms with Crippen molar-refractivity contribution in [3.63, 3.8) is 0 Å². The smallest absolute Gasteiger partial charge is 0.410 e. The normalized spacial score (nSPS) is 19.9. The summed E-state index contributed by atoms with van der Waals surface area (Å²) in [5.74, 6) is -0.436. The highest BCUT2D eigenvalue weighted by atomic mass is 35.5. The van der Waals surface area contributed by atoms with Crippen molar-refractivity contribution in [2.45, 2.75) is 70.2 Å². The Kier molecular flexibility index (Phi) is 9.18. The van der Waals surface area contributed by atoms with E-state index in [1.165, 1.54) is 10.9 Å². The average Bonchev–Trinajstić information content (AvgIpc) is 3.46. The van der Waals surface area contributed by atoms with E-state index in [0.717, 1.165) is 11.1 Å². The molecule has 2 amide bonds. The van der Waals surface area contributed by atoms with Crippen LogP contribution in [0, 0.1) is 5.92 Å². The molecule has 0 unspecified atom stereocenters. The van der Waals surface area contributed by atoms with Crippen molar-refractivity contribution in [1.29, 1.82) is 0 Å². The molecule has 0 bridgehead atoms. The summed E-state index contributed by atoms with van der Waals surface area (Å²) in [5.41, 5.74) is 0.667. The number of amides is 2. The summed E-state index contributed by atoms with van der Waals surface area (Å²) in [6.07, 6.45) is 4.19. The Hall–Kier alpha value is -4.15. The van der Waals surface area contributed by atoms with Crippen LogP contribution in [0.2, 0.25) is 5.02 Å². The number of nitrogens with zero attached hydrogens (tertiary/aromatic N) is 5. The fourth-order valence-corrected chi connectivity index (χ4v) is 6.89. The summed E-state index contributed by atoms with van der Waals surface area (Å²) in [4.78, 5) is 48.5. The molecule has 2 saturated heterocycles. The molecule has 2 aromatic carbocycles. The minimum Gasteiger partial charge on any atom is -0.444 e. The third kappa shape index (κ3) is 7.39. The molecule has 0 aliphatic carbocycles. The monoisotopic (exact) mass is 659 g/mol. The van der Waals surface area contributed by atoms with E-state index in [0.29, 0.717) is 68.0 Å². The molecule has 10 nitrogen and oxygen atoms in total. The summed E-state index contributed by atoms with van der Waals surface area (Å²) in [7, 11) is 0. The van der Waals surface area contributed by atoms with Crippen LogP contribution in [-0.4, -0.2) is 78.4 Å². The molecule has 0 spiro atoms. The van der Waals surface area contributed by atoms with E-state index in [1.807, 2.05) is 91.0 Å². The highest BCUT2D eigenvalue weighted by molar-refractivity contribution is 6.30. The number of likely N-dealkylation sites (tertiary alicyclic amines) is 2. The van der Waals surface area contributed by atoms with Crippen molar-refractivity contribution in [3.05, 3.63) is 99.7 Å². The quantitative estimate of drug-likeness (QED) is 0.301. The number of rotatable bonds is 6. The molecular weight excluding hydrogens is 618 g/mol. The molecule has 2 aromatic heterocycles. The summed E-state index contributed by atoms with van der Waals surface area (Å²) in [6, 6.07) is 19.2. The molecule has 4 aromatic rings. The number of carbonyl (C=O) groups is 2. The van der Waals surface area contributed by atoms with Gasteiger partial charge in [0.2, 0.25) is 5.91 Å². The molecule has 6 rings (SSSR count). The van der Waals surface area contributed by atoms with Gasteiger partial charge in [0, 0.05) is 55.8 Å². The number of benzene rings is 2. The predicted octanol–water partition coefficient (Wildman–Crippen LogP) is 5.29. The lowest BCUT2D eigenvalue weighted by Crippen LogP contribution is -2.53. The lowest BCUT2D eigenvalue weighted by molar-refractivity contribution is -0.142. The number of hydrogen-bond acceptors (Lipinski definition) is 6. The minimum atomic E-state index is -1.15. The number of aromatic nitrogens is 3. The van der Waals surface area contributed by atoms with Crippen molar-refractivity contribution < 1.29 is 19.4 Å². The fraction of sp³-hybridized carbons (Fsp3) is 0.444. The van der Waals surface area contributed by atoms with Crippen LogP contribution in [0.15, 0.2) is 78.0 Å². The maximum absolute atomic E-state index is 14.0. The zero-order valence-electron chi connectivity index (χ0n) is 27.1. The van der Waals surface area contributed by atoms with Crippen LogP contribution in [0.25, 0.3) is 11.0 Å². The molecule has 0 radical (unpaired) electrons. The van der Waals surface area contributed by atoms with Crippen LogP contribution in [-0.2, 0) is 22.6 Å². The van der Waals surface area contributed by atoms with Crippen LogP contribution in [0.5, 0.6) is 0 Å². The number of carbonyl (C=O) groups excluding carboxylic acids is 2. The maximum Gasteiger partial charge on any atom is 0.410 e. The largest absolute Gasteiger partial charge is 0.444 e. The molecule has 1 N–H and O–H groups in total. The first-order valence-corrected chi connectivity index (χ1v) is 16.6. The summed E-state index contributed by atoms with van der Waals surface area (Å²) in [6.45, 7) is 7.78. The van der Waals surface area contributed by atoms with Gasteiger partial charge in [-0.1, -0.05) is 54.1 Å². The molecule has 2 aliphatic rings. The van der Waals surface area contributed by atoms with Gasteiger partial charge in [0.05, 0.1) is 17.5 Å². The van der Waals surface area contributed by atoms with Crippen LogP contribution < -0.4 is 5.56 Å². The number of halogens is 1. The molecule has 2 aliphatic heterocycles. The second kappa shape index (κ2) is 13.2. The van der Waals surface area contributed by atoms with Crippen LogP contribution in [0.1, 0.15) is 57.1 Å². The third-order valence-corrected chi connectivity index (χ3v) is 9.54. The third-order valence-electron chi connectivity index (χ3n) is 9.29. The molecule has 47 heavy (non-hydrogen) atoms. The molecule has 248 valence electrons. The summed E-state index contributed by atoms with van der Waals surface area (Å²) in [5, 5.41) is 12.7. The molecule has 4 heterocycles. The maximum atomic E-state index is 14.0. The molecule has 0 saturated carbocycles. The van der Waals surface area contributed by atoms with Gasteiger partial charge in [0.15, 0.2) is 0 Å². The van der Waals surface area contributed by atoms with Gasteiger partial charge in [-0.25, -0.2) is 9.78 Å². The fourth-order valence-electron chi connectivity index (χ4n) is 6.76. The van der Waals surface area contributed by atoms with E-state index in [9.17, 15) is 19.5 Å². The Balaban J connectivity index is 1.11. The number of piperidine rings is 2. The Morgan fingerprint density at radius 2 is 1.68 bits per heavy atom. The van der Waals surface area contributed by atoms with E-state index in [2.05, 4.69) is 4.98 Å². The Morgan fingerprint density at radius 3 is 2.36 bits per heavy atom. The number of hydrogen-bond donors (Lipinski definition) is 1. The van der Waals surface area contributed by atoms with Crippen LogP contribution in [0.3, 0.4) is 0 Å². The lowest BCUT2D eigenvalue weighted by Gasteiger charge is -2.43. The van der Waals surface area contributed by atoms with E-state index in [1.54, 1.807) is 11.0 Å². The summed E-state index contributed by atoms with van der Waals surface area (Å²) >= 11 is 6.02. The van der Waals surface area contributed by atoms with Gasteiger partial charge in [0.25, 0.3) is 5.56 Å². The highest BCUT2D eigenvalue weighted by Gasteiger charge is 2.42. The van der Waals surface area contributed by atoms with Gasteiger partial charge < -0.3 is 24.2 Å². The first kappa shape index (κ1) is 32.8. The SMILES string of the molecule is CC(C)(C)OC(=O)N1CC[C@@H](C(=O)N2CCC(O)(Cn3cnc4c(ccn4Cc4ccc(Cl)cc4)c3=O)CC2)[C@H](c2ccccc2)C1. The predicted molar refractivity (Wildman–Crippen MR) is 180 cm³/mol. The number of ether oxygens (including phenoxy) is 1. The van der Waals surface area contributed by atoms with Crippen molar-refractivity contribution in [2.24, 2.45) is 5.92 Å². The average molecular weight is 660 g/mol. The highest BCUT2D eigenvalue weighted by Crippen LogP contribution is 2.36. The minimum absolute atomic E-state index is 0.0343. The summed E-state index contributed by atoms with van der Waals surface area (Å²) < 4.78 is 9.03. The van der Waals surface area contributed by atoms with Crippen molar-refractivity contribution in [2.75, 3.05) is 26.2 Å². The lowest BCUT2D eigenvalue weighted by atomic mass is 9.79. The van der Waals surface area contributed by atoms with E-state index in [4.69, 9.17) is 16.3 Å². The van der Waals surface area contributed by atoms with Gasteiger partial charge in [-0.15, -0.1) is 0 Å². The first-order chi connectivity index (χ1) is 22.4. The first-order valence-electron chi connectivity index (χ1n) is 16.2. The molecule has 2 fully saturated rings. The van der Waals surface area contributed by atoms with Crippen LogP contribution >= 0.6 is 11.6 Å². The molecule has 11 heteroatoms. The van der Waals surface area contributed by atoms with E-state index < -0.39 is 11.2 Å². The topological polar surface area (TPSA) is 110 Å². The second-order valence-corrected chi connectivity index (χ2v) is 14.3. The zero-order chi connectivity index (χ0) is 33.3. The van der Waals surface area contributed by atoms with Gasteiger partial charge in [-0.2, -0.15) is 0 Å². The zero-order valence-corrected chi connectivity index (χ0v) is 27.9. The van der Waals surface area contributed by atoms with Crippen molar-refractivity contribution in [1.82, 2.24) is 23.9 Å². The van der Waals surface area contributed by atoms with Crippen LogP contribution in [0.4, 0.5) is 4.79 Å². The van der Waals surface area contributed by atoms with Crippen molar-refractivity contribution in [3.8, 4) is 0 Å². The molecule has 2 atom stereocenters. The van der Waals surface area contributed by atoms with E-state index >= 15 is 0 Å². The van der Waals surface area contributed by atoms with Gasteiger partial charge in [-0.05, 0) is 69.4 Å². The molecular formula is C36H42ClN5O5. The second-order valence-electron chi connectivity index (χ2n) is 13.9. The van der Waals surface area contributed by atoms with Gasteiger partial charge in [-0.3, -0.25) is 14.2 Å². The Labute approximate surface area is 279 Å². The van der Waals surface area contributed by atoms with E-state index in [-0.39, 0.29) is 35.9 Å². The van der Waals surface area contributed by atoms with Gasteiger partial charge in [0.1, 0.15) is 17.6 Å². The Bertz CT molecular complexity index is 1790. The standard InChI is InChI=1S/C36H42ClN5O5/c1-35(2,3)47-34(45)41-18-13-28(30(22-41)26-7-5-4-6-8-26)32(43)39-19-15-36(46,16-20-39)23-42-24-38-31-29(33(42)44)14-17-40(31)21-25-9-11-27(37)12-10-25/h4-12,14,17,24,28,30,46H,13,15-16,18-23H2,1-3H3/t28-,30+/m1/s1. The van der Waals surface area contributed by atoms with Crippen molar-refractivity contribution >= 4 is 34.6 Å². The van der Waals surface area contributed by atoms with Gasteiger partial charge >= 0.3 is 6.09 Å². The number of aliphatic hydroxyl groups is 1.